The molecule has 1 aliphatic heterocycles. The number of aryl methyl sites for hydroxylation is 1. The zero-order chi connectivity index (χ0) is 16.0. The van der Waals surface area contributed by atoms with Crippen molar-refractivity contribution in [1.29, 1.82) is 0 Å². The quantitative estimate of drug-likeness (QED) is 0.682. The van der Waals surface area contributed by atoms with Gasteiger partial charge < -0.3 is 4.90 Å². The molecule has 23 heavy (non-hydrogen) atoms. The van der Waals surface area contributed by atoms with Crippen molar-refractivity contribution in [1.82, 2.24) is 4.98 Å². The van der Waals surface area contributed by atoms with Gasteiger partial charge in [-0.3, -0.25) is 9.78 Å². The van der Waals surface area contributed by atoms with Crippen molar-refractivity contribution in [3.05, 3.63) is 60.2 Å². The lowest BCUT2D eigenvalue weighted by Gasteiger charge is -2.26. The fraction of sp³-hybridized carbons (Fsp3) is 0.158. The maximum Gasteiger partial charge on any atom is 0.227 e. The first-order chi connectivity index (χ1) is 11.1. The number of anilines is 1. The molecule has 1 amide bonds. The van der Waals surface area contributed by atoms with Crippen molar-refractivity contribution in [3.63, 3.8) is 0 Å². The van der Waals surface area contributed by atoms with Gasteiger partial charge in [-0.1, -0.05) is 24.3 Å². The van der Waals surface area contributed by atoms with E-state index < -0.39 is 0 Å². The SMILES string of the molecule is CN1C(=O)CCc2cc(-c3cncc4ccccc34)c(F)cc21. The smallest absolute Gasteiger partial charge is 0.227 e. The molecule has 0 atom stereocenters. The minimum atomic E-state index is -0.330. The van der Waals surface area contributed by atoms with Gasteiger partial charge in [0.25, 0.3) is 0 Å². The lowest BCUT2D eigenvalue weighted by atomic mass is 9.94. The summed E-state index contributed by atoms with van der Waals surface area (Å²) in [4.78, 5) is 17.6. The van der Waals surface area contributed by atoms with Crippen LogP contribution in [0.25, 0.3) is 21.9 Å². The molecule has 4 heteroatoms. The van der Waals surface area contributed by atoms with Crippen LogP contribution in [0.15, 0.2) is 48.8 Å². The topological polar surface area (TPSA) is 33.2 Å². The lowest BCUT2D eigenvalue weighted by Crippen LogP contribution is -2.31. The molecule has 3 nitrogen and oxygen atoms in total. The Hall–Kier alpha value is -2.75. The summed E-state index contributed by atoms with van der Waals surface area (Å²) in [5.74, 6) is -0.306. The maximum absolute atomic E-state index is 14.7. The molecular formula is C19H15FN2O. The van der Waals surface area contributed by atoms with E-state index >= 15 is 0 Å². The summed E-state index contributed by atoms with van der Waals surface area (Å²) in [6, 6.07) is 11.1. The molecule has 2 heterocycles. The average molecular weight is 306 g/mol. The molecule has 0 spiro atoms. The Kier molecular flexibility index (Phi) is 3.11. The third kappa shape index (κ3) is 2.18. The molecule has 1 aromatic heterocycles. The Bertz CT molecular complexity index is 931. The minimum absolute atomic E-state index is 0.0245. The monoisotopic (exact) mass is 306 g/mol. The number of hydrogen-bond acceptors (Lipinski definition) is 2. The van der Waals surface area contributed by atoms with Crippen molar-refractivity contribution in [3.8, 4) is 11.1 Å². The number of carbonyl (C=O) groups is 1. The number of fused-ring (bicyclic) bond motifs is 2. The van der Waals surface area contributed by atoms with E-state index in [1.807, 2.05) is 30.3 Å². The van der Waals surface area contributed by atoms with Crippen LogP contribution >= 0.6 is 0 Å². The largest absolute Gasteiger partial charge is 0.315 e. The lowest BCUT2D eigenvalue weighted by molar-refractivity contribution is -0.118. The Labute approximate surface area is 133 Å². The van der Waals surface area contributed by atoms with E-state index in [0.29, 0.717) is 24.1 Å². The zero-order valence-electron chi connectivity index (χ0n) is 12.7. The van der Waals surface area contributed by atoms with Crippen molar-refractivity contribution in [2.45, 2.75) is 12.8 Å². The van der Waals surface area contributed by atoms with Crippen LogP contribution in [0.4, 0.5) is 10.1 Å². The van der Waals surface area contributed by atoms with E-state index in [1.54, 1.807) is 19.4 Å². The predicted molar refractivity (Wildman–Crippen MR) is 88.9 cm³/mol. The molecule has 0 saturated heterocycles. The van der Waals surface area contributed by atoms with E-state index in [9.17, 15) is 9.18 Å². The number of pyridine rings is 1. The van der Waals surface area contributed by atoms with Gasteiger partial charge in [-0.05, 0) is 29.5 Å². The van der Waals surface area contributed by atoms with Crippen LogP contribution in [0.2, 0.25) is 0 Å². The molecule has 4 rings (SSSR count). The molecule has 0 radical (unpaired) electrons. The van der Waals surface area contributed by atoms with Crippen LogP contribution in [-0.2, 0) is 11.2 Å². The minimum Gasteiger partial charge on any atom is -0.315 e. The number of aromatic nitrogens is 1. The summed E-state index contributed by atoms with van der Waals surface area (Å²) >= 11 is 0. The van der Waals surface area contributed by atoms with Gasteiger partial charge in [0.05, 0.1) is 0 Å². The number of carbonyl (C=O) groups excluding carboxylic acids is 1. The van der Waals surface area contributed by atoms with Gasteiger partial charge >= 0.3 is 0 Å². The molecule has 2 aromatic carbocycles. The highest BCUT2D eigenvalue weighted by Gasteiger charge is 2.23. The van der Waals surface area contributed by atoms with Gasteiger partial charge in [-0.2, -0.15) is 0 Å². The van der Waals surface area contributed by atoms with Crippen LogP contribution in [0.3, 0.4) is 0 Å². The fourth-order valence-corrected chi connectivity index (χ4v) is 3.20. The summed E-state index contributed by atoms with van der Waals surface area (Å²) in [7, 11) is 1.69. The summed E-state index contributed by atoms with van der Waals surface area (Å²) in [5.41, 5.74) is 2.98. The summed E-state index contributed by atoms with van der Waals surface area (Å²) in [6.45, 7) is 0. The first-order valence-electron chi connectivity index (χ1n) is 7.57. The number of amides is 1. The van der Waals surface area contributed by atoms with Crippen molar-refractivity contribution in [2.24, 2.45) is 0 Å². The third-order valence-electron chi connectivity index (χ3n) is 4.47. The van der Waals surface area contributed by atoms with Crippen LogP contribution in [0.5, 0.6) is 0 Å². The standard InChI is InChI=1S/C19H15FN2O/c1-22-18-9-17(20)15(8-12(18)6-7-19(22)23)16-11-21-10-13-4-2-3-5-14(13)16/h2-5,8-11H,6-7H2,1H3. The fourth-order valence-electron chi connectivity index (χ4n) is 3.20. The van der Waals surface area contributed by atoms with Crippen molar-refractivity contribution in [2.75, 3.05) is 11.9 Å². The number of nitrogens with zero attached hydrogens (tertiary/aromatic N) is 2. The molecule has 114 valence electrons. The number of hydrogen-bond donors (Lipinski definition) is 0. The van der Waals surface area contributed by atoms with Crippen molar-refractivity contribution >= 4 is 22.4 Å². The average Bonchev–Trinajstić information content (AvgIpc) is 2.58. The molecule has 0 aliphatic carbocycles. The molecule has 0 saturated carbocycles. The Morgan fingerprint density at radius 1 is 1.09 bits per heavy atom. The molecule has 0 N–H and O–H groups in total. The number of rotatable bonds is 1. The van der Waals surface area contributed by atoms with Crippen LogP contribution in [0, 0.1) is 5.82 Å². The zero-order valence-corrected chi connectivity index (χ0v) is 12.7. The molecule has 0 bridgehead atoms. The molecular weight excluding hydrogens is 291 g/mol. The highest BCUT2D eigenvalue weighted by Crippen LogP contribution is 2.36. The first-order valence-corrected chi connectivity index (χ1v) is 7.57. The second-order valence-electron chi connectivity index (χ2n) is 5.82. The Balaban J connectivity index is 1.94. The van der Waals surface area contributed by atoms with E-state index in [2.05, 4.69) is 4.98 Å². The van der Waals surface area contributed by atoms with Crippen LogP contribution < -0.4 is 4.90 Å². The predicted octanol–water partition coefficient (Wildman–Crippen LogP) is 3.95. The van der Waals surface area contributed by atoms with E-state index in [4.69, 9.17) is 0 Å². The highest BCUT2D eigenvalue weighted by atomic mass is 19.1. The number of halogens is 1. The van der Waals surface area contributed by atoms with Gasteiger partial charge in [0.2, 0.25) is 5.91 Å². The molecule has 3 aromatic rings. The second kappa shape index (κ2) is 5.16. The first kappa shape index (κ1) is 13.9. The highest BCUT2D eigenvalue weighted by molar-refractivity contribution is 5.99. The van der Waals surface area contributed by atoms with E-state index in [0.717, 1.165) is 21.9 Å². The van der Waals surface area contributed by atoms with E-state index in [1.165, 1.54) is 11.0 Å². The Morgan fingerprint density at radius 2 is 1.91 bits per heavy atom. The van der Waals surface area contributed by atoms with Gasteiger partial charge in [-0.15, -0.1) is 0 Å². The summed E-state index contributed by atoms with van der Waals surface area (Å²) in [6.07, 6.45) is 4.58. The van der Waals surface area contributed by atoms with E-state index in [-0.39, 0.29) is 11.7 Å². The number of benzene rings is 2. The van der Waals surface area contributed by atoms with Crippen LogP contribution in [-0.4, -0.2) is 17.9 Å². The van der Waals surface area contributed by atoms with Gasteiger partial charge in [0, 0.05) is 48.1 Å². The normalized spacial score (nSPS) is 14.2. The van der Waals surface area contributed by atoms with Gasteiger partial charge in [-0.25, -0.2) is 4.39 Å². The molecule has 0 fully saturated rings. The second-order valence-corrected chi connectivity index (χ2v) is 5.82. The Morgan fingerprint density at radius 3 is 2.78 bits per heavy atom. The maximum atomic E-state index is 14.7. The van der Waals surface area contributed by atoms with Crippen LogP contribution in [0.1, 0.15) is 12.0 Å². The van der Waals surface area contributed by atoms with Crippen molar-refractivity contribution < 1.29 is 9.18 Å². The summed E-state index contributed by atoms with van der Waals surface area (Å²) in [5, 5.41) is 1.95. The van der Waals surface area contributed by atoms with Gasteiger partial charge in [0.15, 0.2) is 0 Å². The molecule has 1 aliphatic rings. The molecule has 0 unspecified atom stereocenters. The summed E-state index contributed by atoms with van der Waals surface area (Å²) < 4.78 is 14.7. The third-order valence-corrected chi connectivity index (χ3v) is 4.47. The van der Waals surface area contributed by atoms with Gasteiger partial charge in [0.1, 0.15) is 5.82 Å².